The third-order valence-electron chi connectivity index (χ3n) is 3.08. The number of nitrogens with one attached hydrogen (secondary N) is 1. The highest BCUT2D eigenvalue weighted by Crippen LogP contribution is 2.24. The number of aromatic carboxylic acids is 1. The van der Waals surface area contributed by atoms with Crippen LogP contribution in [-0.4, -0.2) is 22.0 Å². The molecule has 116 valence electrons. The second-order valence-corrected chi connectivity index (χ2v) is 6.53. The number of anilines is 1. The summed E-state index contributed by atoms with van der Waals surface area (Å²) in [4.78, 5) is 28.3. The first-order valence-electron chi connectivity index (χ1n) is 6.97. The summed E-state index contributed by atoms with van der Waals surface area (Å²) < 4.78 is 0. The summed E-state index contributed by atoms with van der Waals surface area (Å²) in [5.74, 6) is -0.893. The number of carbonyl (C=O) groups is 2. The summed E-state index contributed by atoms with van der Waals surface area (Å²) in [6, 6.07) is 5.17. The maximum atomic E-state index is 12.3. The molecule has 0 saturated heterocycles. The normalized spacial score (nSPS) is 10.7. The quantitative estimate of drug-likeness (QED) is 0.883. The molecule has 0 aliphatic heterocycles. The molecule has 2 rings (SSSR count). The monoisotopic (exact) mass is 318 g/mol. The molecule has 0 aromatic carbocycles. The summed E-state index contributed by atoms with van der Waals surface area (Å²) in [7, 11) is 0. The number of pyridine rings is 1. The van der Waals surface area contributed by atoms with E-state index in [1.54, 1.807) is 31.3 Å². The van der Waals surface area contributed by atoms with Gasteiger partial charge in [0.05, 0.1) is 16.3 Å². The second-order valence-electron chi connectivity index (χ2n) is 5.48. The van der Waals surface area contributed by atoms with Gasteiger partial charge in [0, 0.05) is 6.20 Å². The Balaban J connectivity index is 2.22. The molecule has 0 aliphatic rings. The average Bonchev–Trinajstić information content (AvgIpc) is 2.83. The molecule has 0 bridgehead atoms. The molecule has 0 fully saturated rings. The van der Waals surface area contributed by atoms with Crippen molar-refractivity contribution in [2.45, 2.75) is 27.2 Å². The van der Waals surface area contributed by atoms with Gasteiger partial charge in [-0.05, 0) is 43.0 Å². The van der Waals surface area contributed by atoms with Crippen molar-refractivity contribution in [2.24, 2.45) is 5.92 Å². The van der Waals surface area contributed by atoms with Gasteiger partial charge in [0.1, 0.15) is 4.88 Å². The molecule has 22 heavy (non-hydrogen) atoms. The summed E-state index contributed by atoms with van der Waals surface area (Å²) in [6.45, 7) is 5.86. The Hall–Kier alpha value is -2.21. The van der Waals surface area contributed by atoms with Crippen LogP contribution in [0.5, 0.6) is 0 Å². The molecule has 6 heteroatoms. The van der Waals surface area contributed by atoms with Crippen molar-refractivity contribution in [3.8, 4) is 0 Å². The van der Waals surface area contributed by atoms with Crippen molar-refractivity contribution in [2.75, 3.05) is 5.32 Å². The molecule has 0 atom stereocenters. The zero-order valence-corrected chi connectivity index (χ0v) is 13.5. The zero-order valence-electron chi connectivity index (χ0n) is 12.7. The first-order chi connectivity index (χ1) is 10.4. The predicted molar refractivity (Wildman–Crippen MR) is 86.7 cm³/mol. The number of amides is 1. The highest BCUT2D eigenvalue weighted by Gasteiger charge is 2.18. The number of aromatic nitrogens is 1. The number of carboxylic acid groups (broad SMARTS) is 1. The molecular formula is C16H18N2O3S. The van der Waals surface area contributed by atoms with Crippen LogP contribution in [0.3, 0.4) is 0 Å². The van der Waals surface area contributed by atoms with Gasteiger partial charge in [-0.2, -0.15) is 0 Å². The number of thiophene rings is 1. The standard InChI is InChI=1S/C16H18N2O3S/c1-9(2)7-12-11(5-4-6-17-12)18-15(19)13-8-10(3)14(22-13)16(20)21/h4-6,8-9H,7H2,1-3H3,(H,18,19)(H,20,21). The summed E-state index contributed by atoms with van der Waals surface area (Å²) in [5, 5.41) is 11.9. The van der Waals surface area contributed by atoms with E-state index in [0.29, 0.717) is 22.0 Å². The van der Waals surface area contributed by atoms with Crippen molar-refractivity contribution in [3.05, 3.63) is 45.4 Å². The van der Waals surface area contributed by atoms with Gasteiger partial charge in [0.15, 0.2) is 0 Å². The lowest BCUT2D eigenvalue weighted by Crippen LogP contribution is -2.13. The van der Waals surface area contributed by atoms with Crippen LogP contribution in [0.25, 0.3) is 0 Å². The first kappa shape index (κ1) is 16.2. The van der Waals surface area contributed by atoms with E-state index in [0.717, 1.165) is 23.5 Å². The third kappa shape index (κ3) is 3.71. The van der Waals surface area contributed by atoms with Crippen molar-refractivity contribution in [1.82, 2.24) is 4.98 Å². The second kappa shape index (κ2) is 6.70. The number of rotatable bonds is 5. The van der Waals surface area contributed by atoms with Crippen molar-refractivity contribution in [1.29, 1.82) is 0 Å². The van der Waals surface area contributed by atoms with Gasteiger partial charge >= 0.3 is 5.97 Å². The maximum absolute atomic E-state index is 12.3. The van der Waals surface area contributed by atoms with Gasteiger partial charge in [-0.1, -0.05) is 13.8 Å². The van der Waals surface area contributed by atoms with Crippen molar-refractivity contribution < 1.29 is 14.7 Å². The van der Waals surface area contributed by atoms with E-state index < -0.39 is 5.97 Å². The maximum Gasteiger partial charge on any atom is 0.346 e. The molecular weight excluding hydrogens is 300 g/mol. The largest absolute Gasteiger partial charge is 0.477 e. The van der Waals surface area contributed by atoms with E-state index in [9.17, 15) is 9.59 Å². The molecule has 0 radical (unpaired) electrons. The van der Waals surface area contributed by atoms with Gasteiger partial charge in [-0.15, -0.1) is 11.3 Å². The minimum absolute atomic E-state index is 0.193. The fraction of sp³-hybridized carbons (Fsp3) is 0.312. The summed E-state index contributed by atoms with van der Waals surface area (Å²) in [6.07, 6.45) is 2.46. The van der Waals surface area contributed by atoms with Crippen LogP contribution in [0.4, 0.5) is 5.69 Å². The van der Waals surface area contributed by atoms with Gasteiger partial charge in [-0.25, -0.2) is 4.79 Å². The van der Waals surface area contributed by atoms with Crippen molar-refractivity contribution in [3.63, 3.8) is 0 Å². The molecule has 2 heterocycles. The zero-order chi connectivity index (χ0) is 16.3. The number of carbonyl (C=O) groups excluding carboxylic acids is 1. The minimum Gasteiger partial charge on any atom is -0.477 e. The molecule has 1 amide bonds. The lowest BCUT2D eigenvalue weighted by molar-refractivity contribution is 0.0701. The van der Waals surface area contributed by atoms with Gasteiger partial charge in [0.25, 0.3) is 5.91 Å². The van der Waals surface area contributed by atoms with Crippen LogP contribution >= 0.6 is 11.3 Å². The number of hydrogen-bond acceptors (Lipinski definition) is 4. The Morgan fingerprint density at radius 2 is 2.14 bits per heavy atom. The Labute approximate surface area is 133 Å². The smallest absolute Gasteiger partial charge is 0.346 e. The Bertz CT molecular complexity index is 707. The molecule has 2 N–H and O–H groups in total. The topological polar surface area (TPSA) is 79.3 Å². The highest BCUT2D eigenvalue weighted by atomic mass is 32.1. The van der Waals surface area contributed by atoms with E-state index in [1.807, 2.05) is 0 Å². The molecule has 0 spiro atoms. The average molecular weight is 318 g/mol. The Morgan fingerprint density at radius 1 is 1.41 bits per heavy atom. The van der Waals surface area contributed by atoms with Crippen LogP contribution < -0.4 is 5.32 Å². The number of nitrogens with zero attached hydrogens (tertiary/aromatic N) is 1. The Morgan fingerprint density at radius 3 is 2.73 bits per heavy atom. The molecule has 2 aromatic heterocycles. The van der Waals surface area contributed by atoms with E-state index in [2.05, 4.69) is 24.1 Å². The predicted octanol–water partition coefficient (Wildman–Crippen LogP) is 3.60. The third-order valence-corrected chi connectivity index (χ3v) is 4.30. The Kier molecular flexibility index (Phi) is 4.92. The summed E-state index contributed by atoms with van der Waals surface area (Å²) in [5.41, 5.74) is 2.10. The fourth-order valence-electron chi connectivity index (χ4n) is 2.09. The summed E-state index contributed by atoms with van der Waals surface area (Å²) >= 11 is 0.983. The highest BCUT2D eigenvalue weighted by molar-refractivity contribution is 7.16. The van der Waals surface area contributed by atoms with E-state index in [-0.39, 0.29) is 10.8 Å². The molecule has 5 nitrogen and oxygen atoms in total. The van der Waals surface area contributed by atoms with Gasteiger partial charge in [0.2, 0.25) is 0 Å². The van der Waals surface area contributed by atoms with E-state index >= 15 is 0 Å². The first-order valence-corrected chi connectivity index (χ1v) is 7.79. The van der Waals surface area contributed by atoms with Crippen LogP contribution in [0.2, 0.25) is 0 Å². The lowest BCUT2D eigenvalue weighted by atomic mass is 10.1. The molecule has 0 saturated carbocycles. The molecule has 0 aliphatic carbocycles. The lowest BCUT2D eigenvalue weighted by Gasteiger charge is -2.11. The molecule has 0 unspecified atom stereocenters. The van der Waals surface area contributed by atoms with Crippen LogP contribution in [0.1, 0.15) is 44.4 Å². The van der Waals surface area contributed by atoms with Gasteiger partial charge in [-0.3, -0.25) is 9.78 Å². The van der Waals surface area contributed by atoms with Crippen LogP contribution in [0.15, 0.2) is 24.4 Å². The van der Waals surface area contributed by atoms with E-state index in [4.69, 9.17) is 5.11 Å². The minimum atomic E-state index is -1.01. The van der Waals surface area contributed by atoms with E-state index in [1.165, 1.54) is 0 Å². The fourth-order valence-corrected chi connectivity index (χ4v) is 3.00. The molecule has 2 aromatic rings. The number of aryl methyl sites for hydroxylation is 1. The van der Waals surface area contributed by atoms with Crippen LogP contribution in [0, 0.1) is 12.8 Å². The number of carboxylic acids is 1. The number of hydrogen-bond donors (Lipinski definition) is 2. The van der Waals surface area contributed by atoms with Gasteiger partial charge < -0.3 is 10.4 Å². The van der Waals surface area contributed by atoms with Crippen LogP contribution in [-0.2, 0) is 6.42 Å². The van der Waals surface area contributed by atoms with Crippen molar-refractivity contribution >= 4 is 28.9 Å². The SMILES string of the molecule is Cc1cc(C(=O)Nc2cccnc2CC(C)C)sc1C(=O)O.